The molecule has 0 aromatic carbocycles. The van der Waals surface area contributed by atoms with Crippen LogP contribution in [0.3, 0.4) is 0 Å². The van der Waals surface area contributed by atoms with Crippen LogP contribution < -0.4 is 0 Å². The van der Waals surface area contributed by atoms with E-state index in [0.29, 0.717) is 19.3 Å². The van der Waals surface area contributed by atoms with Gasteiger partial charge in [0.25, 0.3) is 0 Å². The van der Waals surface area contributed by atoms with E-state index in [1.54, 1.807) is 0 Å². The van der Waals surface area contributed by atoms with Crippen molar-refractivity contribution in [2.24, 2.45) is 0 Å². The van der Waals surface area contributed by atoms with E-state index in [-0.39, 0.29) is 31.1 Å². The number of hydrogen-bond acceptors (Lipinski definition) is 6. The molecule has 0 radical (unpaired) electrons. The van der Waals surface area contributed by atoms with Gasteiger partial charge in [0.15, 0.2) is 6.10 Å². The Morgan fingerprint density at radius 3 is 0.844 bits per heavy atom. The van der Waals surface area contributed by atoms with Gasteiger partial charge in [0.1, 0.15) is 13.2 Å². The minimum Gasteiger partial charge on any atom is -0.462 e. The Morgan fingerprint density at radius 1 is 0.297 bits per heavy atom. The molecule has 0 bridgehead atoms. The number of esters is 3. The number of unbranched alkanes of at least 4 members (excludes halogenated alkanes) is 37. The summed E-state index contributed by atoms with van der Waals surface area (Å²) in [7, 11) is 0. The van der Waals surface area contributed by atoms with Crippen LogP contribution in [0, 0.1) is 0 Å². The summed E-state index contributed by atoms with van der Waals surface area (Å²) in [6, 6.07) is 0. The highest BCUT2D eigenvalue weighted by atomic mass is 16.6. The summed E-state index contributed by atoms with van der Waals surface area (Å²) in [6.07, 6.45) is 61.8. The molecule has 1 unspecified atom stereocenters. The molecule has 0 spiro atoms. The van der Waals surface area contributed by atoms with Crippen LogP contribution >= 0.6 is 0 Å². The van der Waals surface area contributed by atoms with Crippen molar-refractivity contribution in [1.29, 1.82) is 0 Å². The molecule has 0 rings (SSSR count). The molecule has 0 heterocycles. The van der Waals surface area contributed by atoms with E-state index in [9.17, 15) is 14.4 Å². The number of carbonyl (C=O) groups excluding carboxylic acids is 3. The monoisotopic (exact) mass is 901 g/mol. The van der Waals surface area contributed by atoms with Crippen LogP contribution in [-0.4, -0.2) is 37.2 Å². The van der Waals surface area contributed by atoms with Crippen LogP contribution in [0.1, 0.15) is 310 Å². The van der Waals surface area contributed by atoms with E-state index in [1.807, 2.05) is 0 Å². The highest BCUT2D eigenvalue weighted by Crippen LogP contribution is 2.16. The molecule has 0 saturated heterocycles. The second-order valence-electron chi connectivity index (χ2n) is 19.2. The van der Waals surface area contributed by atoms with Crippen molar-refractivity contribution in [3.8, 4) is 0 Å². The lowest BCUT2D eigenvalue weighted by Gasteiger charge is -2.18. The van der Waals surface area contributed by atoms with Gasteiger partial charge in [-0.3, -0.25) is 14.4 Å². The van der Waals surface area contributed by atoms with Crippen LogP contribution in [0.5, 0.6) is 0 Å². The Balaban J connectivity index is 4.19. The average Bonchev–Trinajstić information content (AvgIpc) is 3.29. The number of ether oxygens (including phenoxy) is 3. The lowest BCUT2D eigenvalue weighted by atomic mass is 10.0. The molecule has 0 aliphatic heterocycles. The van der Waals surface area contributed by atoms with Crippen molar-refractivity contribution in [2.45, 2.75) is 316 Å². The van der Waals surface area contributed by atoms with Crippen molar-refractivity contribution in [3.63, 3.8) is 0 Å². The Hall–Kier alpha value is -2.11. The van der Waals surface area contributed by atoms with Gasteiger partial charge < -0.3 is 14.2 Å². The molecule has 6 heteroatoms. The second kappa shape index (κ2) is 53.5. The summed E-state index contributed by atoms with van der Waals surface area (Å²) < 4.78 is 16.8. The SMILES string of the molecule is CCC/C=C\CCCCCCCC(=O)OCC(COC(=O)CCCCCCCCCCCCC/C=C\CCCCCCCCCC)OC(=O)CCCCCCCCCCCCCCC. The van der Waals surface area contributed by atoms with Gasteiger partial charge in [0, 0.05) is 19.3 Å². The zero-order valence-corrected chi connectivity index (χ0v) is 43.1. The normalized spacial score (nSPS) is 12.1. The molecule has 0 aliphatic rings. The summed E-state index contributed by atoms with van der Waals surface area (Å²) in [5.41, 5.74) is 0. The van der Waals surface area contributed by atoms with E-state index < -0.39 is 6.10 Å². The second-order valence-corrected chi connectivity index (χ2v) is 19.2. The molecule has 0 aliphatic carbocycles. The van der Waals surface area contributed by atoms with Gasteiger partial charge in [-0.25, -0.2) is 0 Å². The molecular weight excluding hydrogens is 793 g/mol. The molecule has 0 N–H and O–H groups in total. The molecule has 376 valence electrons. The predicted molar refractivity (Wildman–Crippen MR) is 275 cm³/mol. The third-order valence-electron chi connectivity index (χ3n) is 12.7. The van der Waals surface area contributed by atoms with Crippen molar-refractivity contribution >= 4 is 17.9 Å². The maximum atomic E-state index is 12.8. The summed E-state index contributed by atoms with van der Waals surface area (Å²) in [5.74, 6) is -0.866. The predicted octanol–water partition coefficient (Wildman–Crippen LogP) is 18.7. The molecule has 0 aromatic rings. The first kappa shape index (κ1) is 61.9. The Morgan fingerprint density at radius 2 is 0.547 bits per heavy atom. The van der Waals surface area contributed by atoms with Gasteiger partial charge in [-0.05, 0) is 64.2 Å². The average molecular weight is 901 g/mol. The van der Waals surface area contributed by atoms with Crippen LogP contribution in [0.25, 0.3) is 0 Å². The maximum Gasteiger partial charge on any atom is 0.306 e. The Bertz CT molecular complexity index is 1040. The largest absolute Gasteiger partial charge is 0.462 e. The van der Waals surface area contributed by atoms with Gasteiger partial charge in [0.2, 0.25) is 0 Å². The fourth-order valence-corrected chi connectivity index (χ4v) is 8.38. The molecular formula is C58H108O6. The van der Waals surface area contributed by atoms with E-state index in [4.69, 9.17) is 14.2 Å². The summed E-state index contributed by atoms with van der Waals surface area (Å²) >= 11 is 0. The topological polar surface area (TPSA) is 78.9 Å². The fraction of sp³-hybridized carbons (Fsp3) is 0.879. The first-order valence-electron chi connectivity index (χ1n) is 28.3. The third-order valence-corrected chi connectivity index (χ3v) is 12.7. The lowest BCUT2D eigenvalue weighted by Crippen LogP contribution is -2.30. The van der Waals surface area contributed by atoms with E-state index >= 15 is 0 Å². The number of carbonyl (C=O) groups is 3. The van der Waals surface area contributed by atoms with Gasteiger partial charge >= 0.3 is 17.9 Å². The van der Waals surface area contributed by atoms with E-state index in [0.717, 1.165) is 70.6 Å². The minimum absolute atomic E-state index is 0.0702. The van der Waals surface area contributed by atoms with Gasteiger partial charge in [-0.15, -0.1) is 0 Å². The number of rotatable bonds is 52. The Kier molecular flexibility index (Phi) is 51.7. The minimum atomic E-state index is -0.769. The first-order chi connectivity index (χ1) is 31.5. The summed E-state index contributed by atoms with van der Waals surface area (Å²) in [4.78, 5) is 38.0. The van der Waals surface area contributed by atoms with Crippen LogP contribution in [-0.2, 0) is 28.6 Å². The molecule has 6 nitrogen and oxygen atoms in total. The quantitative estimate of drug-likeness (QED) is 0.0262. The summed E-state index contributed by atoms with van der Waals surface area (Å²) in [5, 5.41) is 0. The molecule has 0 saturated carbocycles. The van der Waals surface area contributed by atoms with Crippen molar-refractivity contribution in [3.05, 3.63) is 24.3 Å². The molecule has 1 atom stereocenters. The lowest BCUT2D eigenvalue weighted by molar-refractivity contribution is -0.167. The third kappa shape index (κ3) is 50.9. The van der Waals surface area contributed by atoms with Gasteiger partial charge in [-0.1, -0.05) is 251 Å². The van der Waals surface area contributed by atoms with Crippen molar-refractivity contribution in [1.82, 2.24) is 0 Å². The van der Waals surface area contributed by atoms with Crippen molar-refractivity contribution < 1.29 is 28.6 Å². The number of hydrogen-bond donors (Lipinski definition) is 0. The first-order valence-corrected chi connectivity index (χ1v) is 28.3. The van der Waals surface area contributed by atoms with E-state index in [1.165, 1.54) is 199 Å². The smallest absolute Gasteiger partial charge is 0.306 e. The maximum absolute atomic E-state index is 12.8. The highest BCUT2D eigenvalue weighted by molar-refractivity contribution is 5.71. The van der Waals surface area contributed by atoms with Crippen LogP contribution in [0.4, 0.5) is 0 Å². The molecule has 0 fully saturated rings. The zero-order chi connectivity index (χ0) is 46.5. The van der Waals surface area contributed by atoms with Gasteiger partial charge in [-0.2, -0.15) is 0 Å². The molecule has 64 heavy (non-hydrogen) atoms. The standard InChI is InChI=1S/C58H108O6/c1-4-7-10-13-16-19-22-24-25-26-27-28-29-30-31-32-33-35-36-39-42-45-48-51-57(60)63-54-55(53-62-56(59)50-47-44-41-38-21-18-15-12-9-6-3)64-58(61)52-49-46-43-40-37-34-23-20-17-14-11-8-5-2/h12,15,26-27,55H,4-11,13-14,16-25,28-54H2,1-3H3/b15-12-,27-26-. The van der Waals surface area contributed by atoms with Crippen LogP contribution in [0.15, 0.2) is 24.3 Å². The summed E-state index contributed by atoms with van der Waals surface area (Å²) in [6.45, 7) is 6.61. The van der Waals surface area contributed by atoms with Crippen molar-refractivity contribution in [2.75, 3.05) is 13.2 Å². The van der Waals surface area contributed by atoms with Gasteiger partial charge in [0.05, 0.1) is 0 Å². The molecule has 0 amide bonds. The van der Waals surface area contributed by atoms with E-state index in [2.05, 4.69) is 45.1 Å². The van der Waals surface area contributed by atoms with Crippen LogP contribution in [0.2, 0.25) is 0 Å². The molecule has 0 aromatic heterocycles. The number of allylic oxidation sites excluding steroid dienone is 4. The Labute approximate surface area is 398 Å². The fourth-order valence-electron chi connectivity index (χ4n) is 8.38. The zero-order valence-electron chi connectivity index (χ0n) is 43.1. The highest BCUT2D eigenvalue weighted by Gasteiger charge is 2.19.